The number of hydrogen-bond donors (Lipinski definition) is 2. The lowest BCUT2D eigenvalue weighted by atomic mass is 10.1. The summed E-state index contributed by atoms with van der Waals surface area (Å²) in [4.78, 5) is 23.9. The number of benzene rings is 2. The third-order valence-corrected chi connectivity index (χ3v) is 4.33. The molecule has 28 heavy (non-hydrogen) atoms. The average molecular weight is 407 g/mol. The molecule has 0 fully saturated rings. The van der Waals surface area contributed by atoms with Crippen molar-refractivity contribution in [1.82, 2.24) is 10.6 Å². The van der Waals surface area contributed by atoms with Crippen LogP contribution in [0.3, 0.4) is 0 Å². The van der Waals surface area contributed by atoms with Crippen molar-refractivity contribution in [2.24, 2.45) is 0 Å². The minimum absolute atomic E-state index is 0.0847. The lowest BCUT2D eigenvalue weighted by Crippen LogP contribution is -2.36. The van der Waals surface area contributed by atoms with E-state index in [0.717, 1.165) is 0 Å². The molecule has 1 aliphatic rings. The maximum atomic E-state index is 13.1. The van der Waals surface area contributed by atoms with Crippen LogP contribution < -0.4 is 20.1 Å². The zero-order chi connectivity index (χ0) is 19.9. The van der Waals surface area contributed by atoms with Gasteiger partial charge in [-0.15, -0.1) is 0 Å². The largest absolute Gasteiger partial charge is 0.486 e. The molecule has 2 N–H and O–H groups in total. The molecule has 0 unspecified atom stereocenters. The lowest BCUT2D eigenvalue weighted by molar-refractivity contribution is -0.122. The van der Waals surface area contributed by atoms with Crippen LogP contribution in [0, 0.1) is 5.82 Å². The number of nitrogens with one attached hydrogen (secondary N) is 2. The summed E-state index contributed by atoms with van der Waals surface area (Å²) in [5.41, 5.74) is 1.30. The van der Waals surface area contributed by atoms with Crippen LogP contribution in [-0.4, -0.2) is 38.1 Å². The SMILES string of the molecule is O=C(Cc1cccc(F)c1)NCCNC(=O)Cc1cc(Cl)c2c(c1)OCCO2. The van der Waals surface area contributed by atoms with Gasteiger partial charge in [0, 0.05) is 13.1 Å². The maximum absolute atomic E-state index is 13.1. The number of ether oxygens (including phenoxy) is 2. The van der Waals surface area contributed by atoms with Gasteiger partial charge in [-0.1, -0.05) is 23.7 Å². The van der Waals surface area contributed by atoms with Gasteiger partial charge in [0.05, 0.1) is 17.9 Å². The smallest absolute Gasteiger partial charge is 0.224 e. The molecule has 2 amide bonds. The highest BCUT2D eigenvalue weighted by molar-refractivity contribution is 6.32. The van der Waals surface area contributed by atoms with E-state index >= 15 is 0 Å². The van der Waals surface area contributed by atoms with E-state index in [-0.39, 0.29) is 43.6 Å². The zero-order valence-electron chi connectivity index (χ0n) is 15.1. The summed E-state index contributed by atoms with van der Waals surface area (Å²) in [6.07, 6.45) is 0.217. The van der Waals surface area contributed by atoms with Gasteiger partial charge in [-0.2, -0.15) is 0 Å². The van der Waals surface area contributed by atoms with Crippen LogP contribution in [0.2, 0.25) is 5.02 Å². The Morgan fingerprint density at radius 1 is 0.964 bits per heavy atom. The molecule has 0 saturated carbocycles. The Hall–Kier alpha value is -2.80. The van der Waals surface area contributed by atoms with Gasteiger partial charge in [-0.05, 0) is 35.4 Å². The fourth-order valence-electron chi connectivity index (χ4n) is 2.81. The van der Waals surface area contributed by atoms with E-state index in [1.165, 1.54) is 12.1 Å². The molecule has 0 aromatic heterocycles. The first kappa shape index (κ1) is 19.9. The van der Waals surface area contributed by atoms with Crippen LogP contribution in [-0.2, 0) is 22.4 Å². The van der Waals surface area contributed by atoms with Gasteiger partial charge in [-0.3, -0.25) is 9.59 Å². The molecule has 0 aliphatic carbocycles. The van der Waals surface area contributed by atoms with Gasteiger partial charge in [-0.25, -0.2) is 4.39 Å². The minimum atomic E-state index is -0.378. The predicted octanol–water partition coefficient (Wildman–Crippen LogP) is 2.27. The zero-order valence-corrected chi connectivity index (χ0v) is 15.9. The highest BCUT2D eigenvalue weighted by Gasteiger charge is 2.17. The number of carbonyl (C=O) groups excluding carboxylic acids is 2. The Morgan fingerprint density at radius 3 is 2.36 bits per heavy atom. The van der Waals surface area contributed by atoms with Crippen molar-refractivity contribution in [3.8, 4) is 11.5 Å². The van der Waals surface area contributed by atoms with Crippen molar-refractivity contribution >= 4 is 23.4 Å². The van der Waals surface area contributed by atoms with Crippen LogP contribution in [0.5, 0.6) is 11.5 Å². The number of hydrogen-bond acceptors (Lipinski definition) is 4. The second-order valence-electron chi connectivity index (χ2n) is 6.29. The molecular weight excluding hydrogens is 387 g/mol. The molecule has 1 aliphatic heterocycles. The van der Waals surface area contributed by atoms with E-state index in [2.05, 4.69) is 10.6 Å². The van der Waals surface area contributed by atoms with Crippen molar-refractivity contribution in [1.29, 1.82) is 0 Å². The van der Waals surface area contributed by atoms with Gasteiger partial charge in [0.1, 0.15) is 19.0 Å². The average Bonchev–Trinajstić information content (AvgIpc) is 2.65. The van der Waals surface area contributed by atoms with Gasteiger partial charge < -0.3 is 20.1 Å². The molecule has 0 atom stereocenters. The normalized spacial score (nSPS) is 12.4. The summed E-state index contributed by atoms with van der Waals surface area (Å²) in [5.74, 6) is 0.214. The Morgan fingerprint density at radius 2 is 1.64 bits per heavy atom. The summed E-state index contributed by atoms with van der Waals surface area (Å²) < 4.78 is 24.1. The summed E-state index contributed by atoms with van der Waals surface area (Å²) in [7, 11) is 0. The Balaban J connectivity index is 1.40. The van der Waals surface area contributed by atoms with Crippen LogP contribution in [0.1, 0.15) is 11.1 Å². The van der Waals surface area contributed by atoms with Crippen molar-refractivity contribution < 1.29 is 23.5 Å². The van der Waals surface area contributed by atoms with Gasteiger partial charge in [0.2, 0.25) is 11.8 Å². The summed E-state index contributed by atoms with van der Waals surface area (Å²) in [6.45, 7) is 1.44. The van der Waals surface area contributed by atoms with Gasteiger partial charge >= 0.3 is 0 Å². The molecule has 0 saturated heterocycles. The van der Waals surface area contributed by atoms with E-state index in [1.54, 1.807) is 24.3 Å². The van der Waals surface area contributed by atoms with Crippen molar-refractivity contribution in [2.45, 2.75) is 12.8 Å². The van der Waals surface area contributed by atoms with E-state index < -0.39 is 0 Å². The van der Waals surface area contributed by atoms with Crippen molar-refractivity contribution in [3.05, 3.63) is 58.4 Å². The third kappa shape index (κ3) is 5.60. The van der Waals surface area contributed by atoms with Crippen LogP contribution in [0.4, 0.5) is 4.39 Å². The van der Waals surface area contributed by atoms with E-state index in [9.17, 15) is 14.0 Å². The number of carbonyl (C=O) groups is 2. The molecule has 2 aromatic rings. The first-order valence-electron chi connectivity index (χ1n) is 8.87. The molecule has 148 valence electrons. The van der Waals surface area contributed by atoms with Crippen LogP contribution >= 0.6 is 11.6 Å². The summed E-state index contributed by atoms with van der Waals surface area (Å²) >= 11 is 6.16. The van der Waals surface area contributed by atoms with Gasteiger partial charge in [0.15, 0.2) is 11.5 Å². The first-order chi connectivity index (χ1) is 13.5. The fraction of sp³-hybridized carbons (Fsp3) is 0.300. The third-order valence-electron chi connectivity index (χ3n) is 4.04. The number of amides is 2. The standard InChI is InChI=1S/C20H20ClFN2O4/c21-16-9-14(10-17-20(16)28-7-6-27-17)12-19(26)24-5-4-23-18(25)11-13-2-1-3-15(22)8-13/h1-3,8-10H,4-7,11-12H2,(H,23,25)(H,24,26). The topological polar surface area (TPSA) is 76.7 Å². The first-order valence-corrected chi connectivity index (χ1v) is 9.25. The highest BCUT2D eigenvalue weighted by Crippen LogP contribution is 2.38. The highest BCUT2D eigenvalue weighted by atomic mass is 35.5. The maximum Gasteiger partial charge on any atom is 0.224 e. The number of fused-ring (bicyclic) bond motifs is 1. The molecule has 8 heteroatoms. The van der Waals surface area contributed by atoms with E-state index in [4.69, 9.17) is 21.1 Å². The molecule has 0 radical (unpaired) electrons. The molecule has 6 nitrogen and oxygen atoms in total. The van der Waals surface area contributed by atoms with E-state index in [0.29, 0.717) is 40.9 Å². The molecule has 0 spiro atoms. The van der Waals surface area contributed by atoms with E-state index in [1.807, 2.05) is 0 Å². The van der Waals surface area contributed by atoms with Crippen LogP contribution in [0.25, 0.3) is 0 Å². The van der Waals surface area contributed by atoms with Gasteiger partial charge in [0.25, 0.3) is 0 Å². The van der Waals surface area contributed by atoms with Crippen molar-refractivity contribution in [2.75, 3.05) is 26.3 Å². The fourth-order valence-corrected chi connectivity index (χ4v) is 3.10. The molecule has 0 bridgehead atoms. The second-order valence-corrected chi connectivity index (χ2v) is 6.69. The molecular formula is C20H20ClFN2O4. The minimum Gasteiger partial charge on any atom is -0.486 e. The van der Waals surface area contributed by atoms with Crippen molar-refractivity contribution in [3.63, 3.8) is 0 Å². The Bertz CT molecular complexity index is 875. The lowest BCUT2D eigenvalue weighted by Gasteiger charge is -2.20. The summed E-state index contributed by atoms with van der Waals surface area (Å²) in [6, 6.07) is 9.30. The summed E-state index contributed by atoms with van der Waals surface area (Å²) in [5, 5.41) is 5.82. The van der Waals surface area contributed by atoms with Crippen LogP contribution in [0.15, 0.2) is 36.4 Å². The Labute approximate surface area is 167 Å². The molecule has 3 rings (SSSR count). The molecule has 1 heterocycles. The number of rotatable bonds is 7. The Kier molecular flexibility index (Phi) is 6.71. The predicted molar refractivity (Wildman–Crippen MR) is 102 cm³/mol. The number of halogens is 2. The second kappa shape index (κ2) is 9.41. The quantitative estimate of drug-likeness (QED) is 0.691. The monoisotopic (exact) mass is 406 g/mol. The molecule has 2 aromatic carbocycles.